The van der Waals surface area contributed by atoms with E-state index in [2.05, 4.69) is 29.4 Å². The highest BCUT2D eigenvalue weighted by Gasteiger charge is 2.31. The van der Waals surface area contributed by atoms with Crippen molar-refractivity contribution in [1.82, 2.24) is 10.3 Å². The van der Waals surface area contributed by atoms with Gasteiger partial charge >= 0.3 is 12.1 Å². The van der Waals surface area contributed by atoms with E-state index in [1.807, 2.05) is 37.3 Å². The standard InChI is InChI=1S/C32H31F3N2O3/c1-3-4-27(21-9-11-23(12-10-21)31(40)36-16-15-29(38)39)30(22-7-5-20(2)6-8-22)25-17-24-13-14-26(32(33,34)35)18-28(24)37-19-25/h5-14,17-19,27,30H,3-4,15-16H2,1-2H3,(H,36,40)(H,38,39)/t27-,30?/m1/s1. The van der Waals surface area contributed by atoms with Gasteiger partial charge in [0.25, 0.3) is 5.91 Å². The minimum atomic E-state index is -4.44. The van der Waals surface area contributed by atoms with Crippen LogP contribution in [0.4, 0.5) is 13.2 Å². The van der Waals surface area contributed by atoms with Crippen LogP contribution >= 0.6 is 0 Å². The molecule has 1 amide bonds. The average molecular weight is 549 g/mol. The number of carbonyl (C=O) groups excluding carboxylic acids is 1. The molecule has 0 saturated carbocycles. The largest absolute Gasteiger partial charge is 0.481 e. The van der Waals surface area contributed by atoms with Crippen molar-refractivity contribution < 1.29 is 27.9 Å². The quantitative estimate of drug-likeness (QED) is 0.215. The molecule has 208 valence electrons. The van der Waals surface area contributed by atoms with E-state index in [0.717, 1.165) is 47.2 Å². The molecule has 0 aliphatic heterocycles. The van der Waals surface area contributed by atoms with Gasteiger partial charge in [-0.2, -0.15) is 13.2 Å². The van der Waals surface area contributed by atoms with E-state index < -0.39 is 17.7 Å². The third-order valence-electron chi connectivity index (χ3n) is 7.06. The zero-order chi connectivity index (χ0) is 28.9. The highest BCUT2D eigenvalue weighted by atomic mass is 19.4. The van der Waals surface area contributed by atoms with Gasteiger partial charge in [0.2, 0.25) is 0 Å². The SMILES string of the molecule is CCC[C@H](c1ccc(C(=O)NCCC(=O)O)cc1)C(c1ccc(C)cc1)c1cnc2cc(C(F)(F)F)ccc2c1. The highest BCUT2D eigenvalue weighted by Crippen LogP contribution is 2.42. The number of nitrogens with zero attached hydrogens (tertiary/aromatic N) is 1. The minimum absolute atomic E-state index is 0.00512. The number of benzene rings is 3. The summed E-state index contributed by atoms with van der Waals surface area (Å²) in [4.78, 5) is 27.6. The smallest absolute Gasteiger partial charge is 0.416 e. The topological polar surface area (TPSA) is 79.3 Å². The summed E-state index contributed by atoms with van der Waals surface area (Å²) in [6, 6.07) is 21.1. The number of amides is 1. The van der Waals surface area contributed by atoms with Crippen LogP contribution in [0, 0.1) is 6.92 Å². The number of fused-ring (bicyclic) bond motifs is 1. The maximum absolute atomic E-state index is 13.3. The van der Waals surface area contributed by atoms with E-state index in [-0.39, 0.29) is 36.2 Å². The summed E-state index contributed by atoms with van der Waals surface area (Å²) >= 11 is 0. The van der Waals surface area contributed by atoms with Crippen molar-refractivity contribution in [2.75, 3.05) is 6.54 Å². The number of carboxylic acid groups (broad SMARTS) is 1. The molecule has 0 bridgehead atoms. The molecule has 2 N–H and O–H groups in total. The van der Waals surface area contributed by atoms with Crippen molar-refractivity contribution >= 4 is 22.8 Å². The van der Waals surface area contributed by atoms with Crippen molar-refractivity contribution in [2.24, 2.45) is 0 Å². The number of aliphatic carboxylic acids is 1. The van der Waals surface area contributed by atoms with Crippen LogP contribution in [0.25, 0.3) is 10.9 Å². The molecule has 8 heteroatoms. The molecule has 0 fully saturated rings. The Balaban J connectivity index is 1.73. The third-order valence-corrected chi connectivity index (χ3v) is 7.06. The van der Waals surface area contributed by atoms with Gasteiger partial charge in [0.05, 0.1) is 17.5 Å². The lowest BCUT2D eigenvalue weighted by atomic mass is 9.75. The predicted octanol–water partition coefficient (Wildman–Crippen LogP) is 7.48. The molecule has 0 saturated heterocycles. The lowest BCUT2D eigenvalue weighted by Gasteiger charge is -2.29. The van der Waals surface area contributed by atoms with Crippen LogP contribution in [-0.4, -0.2) is 28.5 Å². The van der Waals surface area contributed by atoms with Crippen LogP contribution in [0.3, 0.4) is 0 Å². The van der Waals surface area contributed by atoms with E-state index in [4.69, 9.17) is 5.11 Å². The van der Waals surface area contributed by atoms with Gasteiger partial charge < -0.3 is 10.4 Å². The van der Waals surface area contributed by atoms with Crippen LogP contribution in [-0.2, 0) is 11.0 Å². The molecular weight excluding hydrogens is 517 g/mol. The summed E-state index contributed by atoms with van der Waals surface area (Å²) in [5, 5.41) is 12.0. The second-order valence-electron chi connectivity index (χ2n) is 9.98. The predicted molar refractivity (Wildman–Crippen MR) is 148 cm³/mol. The maximum atomic E-state index is 13.3. The van der Waals surface area contributed by atoms with Gasteiger partial charge in [-0.25, -0.2) is 0 Å². The first-order valence-electron chi connectivity index (χ1n) is 13.2. The van der Waals surface area contributed by atoms with Crippen molar-refractivity contribution in [3.05, 3.63) is 112 Å². The molecule has 0 radical (unpaired) electrons. The Hall–Kier alpha value is -4.20. The first-order valence-corrected chi connectivity index (χ1v) is 13.2. The Morgan fingerprint density at radius 2 is 1.60 bits per heavy atom. The van der Waals surface area contributed by atoms with Crippen molar-refractivity contribution in [2.45, 2.75) is 51.1 Å². The molecule has 0 aliphatic rings. The Morgan fingerprint density at radius 1 is 0.925 bits per heavy atom. The van der Waals surface area contributed by atoms with Gasteiger partial charge in [-0.1, -0.05) is 61.4 Å². The molecule has 1 aromatic heterocycles. The van der Waals surface area contributed by atoms with E-state index >= 15 is 0 Å². The van der Waals surface area contributed by atoms with Crippen molar-refractivity contribution in [3.8, 4) is 0 Å². The number of hydrogen-bond donors (Lipinski definition) is 2. The van der Waals surface area contributed by atoms with Gasteiger partial charge in [0.15, 0.2) is 0 Å². The van der Waals surface area contributed by atoms with Crippen LogP contribution in [0.1, 0.15) is 76.2 Å². The van der Waals surface area contributed by atoms with Gasteiger partial charge in [-0.05, 0) is 66.3 Å². The molecule has 4 aromatic rings. The van der Waals surface area contributed by atoms with Crippen LogP contribution in [0.15, 0.2) is 79.0 Å². The first kappa shape index (κ1) is 28.8. The fraction of sp³-hybridized carbons (Fsp3) is 0.281. The normalized spacial score (nSPS) is 13.1. The Morgan fingerprint density at radius 3 is 2.23 bits per heavy atom. The molecule has 1 heterocycles. The molecule has 40 heavy (non-hydrogen) atoms. The summed E-state index contributed by atoms with van der Waals surface area (Å²) in [5.41, 5.74) is 4.07. The molecule has 0 spiro atoms. The zero-order valence-electron chi connectivity index (χ0n) is 22.3. The van der Waals surface area contributed by atoms with Crippen LogP contribution in [0.2, 0.25) is 0 Å². The van der Waals surface area contributed by atoms with E-state index in [0.29, 0.717) is 10.9 Å². The van der Waals surface area contributed by atoms with Crippen LogP contribution < -0.4 is 5.32 Å². The number of carboxylic acids is 1. The van der Waals surface area contributed by atoms with Crippen molar-refractivity contribution in [1.29, 1.82) is 0 Å². The van der Waals surface area contributed by atoms with E-state index in [1.54, 1.807) is 18.3 Å². The van der Waals surface area contributed by atoms with Gasteiger partial charge in [-0.3, -0.25) is 14.6 Å². The Labute approximate surface area is 231 Å². The van der Waals surface area contributed by atoms with Gasteiger partial charge in [0, 0.05) is 29.6 Å². The number of pyridine rings is 1. The number of hydrogen-bond acceptors (Lipinski definition) is 3. The second kappa shape index (κ2) is 12.3. The first-order chi connectivity index (χ1) is 19.1. The number of halogens is 3. The van der Waals surface area contributed by atoms with Crippen molar-refractivity contribution in [3.63, 3.8) is 0 Å². The lowest BCUT2D eigenvalue weighted by Crippen LogP contribution is -2.26. The number of carbonyl (C=O) groups is 2. The molecule has 2 atom stereocenters. The summed E-state index contributed by atoms with van der Waals surface area (Å²) in [7, 11) is 0. The van der Waals surface area contributed by atoms with Gasteiger partial charge in [0.1, 0.15) is 0 Å². The van der Waals surface area contributed by atoms with Gasteiger partial charge in [-0.15, -0.1) is 0 Å². The Kier molecular flexibility index (Phi) is 8.87. The monoisotopic (exact) mass is 548 g/mol. The van der Waals surface area contributed by atoms with Crippen LogP contribution in [0.5, 0.6) is 0 Å². The molecule has 3 aromatic carbocycles. The summed E-state index contributed by atoms with van der Waals surface area (Å²) in [6.45, 7) is 4.16. The number of rotatable bonds is 10. The molecule has 5 nitrogen and oxygen atoms in total. The van der Waals surface area contributed by atoms with E-state index in [1.165, 1.54) is 6.07 Å². The minimum Gasteiger partial charge on any atom is -0.481 e. The molecule has 4 rings (SSSR count). The number of alkyl halides is 3. The maximum Gasteiger partial charge on any atom is 0.416 e. The molecule has 0 aliphatic carbocycles. The fourth-order valence-electron chi connectivity index (χ4n) is 5.02. The number of aryl methyl sites for hydroxylation is 1. The average Bonchev–Trinajstić information content (AvgIpc) is 2.92. The van der Waals surface area contributed by atoms with E-state index in [9.17, 15) is 22.8 Å². The molecule has 1 unspecified atom stereocenters. The number of aromatic nitrogens is 1. The summed E-state index contributed by atoms with van der Waals surface area (Å²) in [5.74, 6) is -1.45. The lowest BCUT2D eigenvalue weighted by molar-refractivity contribution is -0.138. The number of nitrogens with one attached hydrogen (secondary N) is 1. The highest BCUT2D eigenvalue weighted by molar-refractivity contribution is 5.94. The fourth-order valence-corrected chi connectivity index (χ4v) is 5.02. The molecular formula is C32H31F3N2O3. The summed E-state index contributed by atoms with van der Waals surface area (Å²) in [6.07, 6.45) is -1.21. The second-order valence-corrected chi connectivity index (χ2v) is 9.98. The zero-order valence-corrected chi connectivity index (χ0v) is 22.3. The summed E-state index contributed by atoms with van der Waals surface area (Å²) < 4.78 is 39.8. The third kappa shape index (κ3) is 6.86. The Bertz CT molecular complexity index is 1480.